The predicted octanol–water partition coefficient (Wildman–Crippen LogP) is 4.60. The molecule has 0 saturated carbocycles. The number of aliphatic hydroxyl groups is 1. The second kappa shape index (κ2) is 18.5. The molecule has 3 aliphatic rings. The van der Waals surface area contributed by atoms with Gasteiger partial charge < -0.3 is 44.3 Å². The molecule has 0 radical (unpaired) electrons. The Bertz CT molecular complexity index is 1860. The Labute approximate surface area is 352 Å². The Morgan fingerprint density at radius 3 is 2.37 bits per heavy atom. The number of unbranched alkanes of at least 4 members (excludes halogenated alkanes) is 1. The number of ether oxygens (including phenoxy) is 5. The number of nitrogens with two attached hydrogens (primary N) is 1. The van der Waals surface area contributed by atoms with Crippen LogP contribution in [0.3, 0.4) is 0 Å². The molecule has 0 spiro atoms. The fourth-order valence-corrected chi connectivity index (χ4v) is 9.51. The second-order valence-electron chi connectivity index (χ2n) is 17.8. The summed E-state index contributed by atoms with van der Waals surface area (Å²) in [6, 6.07) is 6.02. The van der Waals surface area contributed by atoms with Gasteiger partial charge in [-0.2, -0.15) is 0 Å². The average molecular weight is 845 g/mol. The van der Waals surface area contributed by atoms with Crippen molar-refractivity contribution in [3.8, 4) is 11.3 Å². The van der Waals surface area contributed by atoms with Gasteiger partial charge in [-0.15, -0.1) is 5.10 Å². The van der Waals surface area contributed by atoms with E-state index in [0.717, 1.165) is 12.5 Å². The molecule has 0 aliphatic carbocycles. The number of hydrogen-bond acceptors (Lipinski definition) is 14. The van der Waals surface area contributed by atoms with Gasteiger partial charge in [-0.25, -0.2) is 14.0 Å². The normalized spacial score (nSPS) is 37.1. The van der Waals surface area contributed by atoms with Crippen molar-refractivity contribution in [3.05, 3.63) is 30.5 Å². The summed E-state index contributed by atoms with van der Waals surface area (Å²) >= 11 is 0. The third-order valence-electron chi connectivity index (χ3n) is 12.9. The third-order valence-corrected chi connectivity index (χ3v) is 12.9. The summed E-state index contributed by atoms with van der Waals surface area (Å²) in [6.45, 7) is 13.1. The molecule has 1 amide bonds. The highest BCUT2D eigenvalue weighted by Crippen LogP contribution is 2.44. The molecule has 0 bridgehead atoms. The second-order valence-corrected chi connectivity index (χ2v) is 17.8. The van der Waals surface area contributed by atoms with Crippen molar-refractivity contribution < 1.29 is 52.4 Å². The number of esters is 1. The minimum atomic E-state index is -3.19. The van der Waals surface area contributed by atoms with E-state index in [1.54, 1.807) is 45.4 Å². The SMILES string of the molecule is CC[C@H]1OC(=O)[C@@](C)(F)C(=O)[C@H](C)[C@@H](OC2O[C@H](C)C[C@H](N(C)C)[C@H]2O)[C@@](C)(OC)C[C@@H](C)C(=O)[C@H](C)[C@H]2N(CCCCn3cc(-c4cccc(N)c4)nn3)C(=O)O[C@]12C. The van der Waals surface area contributed by atoms with Crippen LogP contribution in [0, 0.1) is 17.8 Å². The van der Waals surface area contributed by atoms with E-state index < -0.39 is 83.1 Å². The smallest absolute Gasteiger partial charge is 0.410 e. The van der Waals surface area contributed by atoms with Gasteiger partial charge in [-0.05, 0) is 86.0 Å². The standard InChI is InChI=1S/C43H65FN6O10/c1-12-32-43(8)35(50(40(55)60-43)19-14-13-18-49-23-30(46-47-49)28-16-15-17-29(45)21-28)26(4)33(51)24(2)22-41(6,56-11)37(27(5)36(53)42(7,44)39(54)58-32)59-38-34(52)31(48(9)10)20-25(3)57-38/h15-17,21,23-27,31-32,34-35,37-38,52H,12-14,18-20,22,45H2,1-11H3/t24-,25-,26+,27+,31+,32-,34-,35-,37-,38?,41+,42+,43-/m1/s1. The van der Waals surface area contributed by atoms with Crippen LogP contribution in [0.15, 0.2) is 30.5 Å². The van der Waals surface area contributed by atoms with E-state index in [-0.39, 0.29) is 37.3 Å². The summed E-state index contributed by atoms with van der Waals surface area (Å²) in [6.07, 6.45) is -2.57. The molecule has 2 aromatic rings. The van der Waals surface area contributed by atoms with Crippen LogP contribution in [0.1, 0.15) is 87.5 Å². The molecule has 16 nitrogen and oxygen atoms in total. The number of amides is 1. The number of ketones is 2. The van der Waals surface area contributed by atoms with Gasteiger partial charge in [0.05, 0.1) is 30.0 Å². The molecule has 3 saturated heterocycles. The lowest BCUT2D eigenvalue weighted by Crippen LogP contribution is -2.61. The number of methoxy groups -OCH3 is 1. The number of nitrogens with zero attached hydrogens (tertiary/aromatic N) is 5. The number of Topliss-reactive ketones (excluding diaryl/α,β-unsaturated/α-hetero) is 2. The van der Waals surface area contributed by atoms with Gasteiger partial charge in [0.25, 0.3) is 5.67 Å². The Morgan fingerprint density at radius 2 is 1.73 bits per heavy atom. The van der Waals surface area contributed by atoms with Gasteiger partial charge in [-0.1, -0.05) is 45.0 Å². The summed E-state index contributed by atoms with van der Waals surface area (Å²) in [7, 11) is 5.04. The van der Waals surface area contributed by atoms with Crippen molar-refractivity contribution in [2.45, 2.75) is 154 Å². The van der Waals surface area contributed by atoms with E-state index in [9.17, 15) is 24.3 Å². The van der Waals surface area contributed by atoms with Crippen LogP contribution in [0.4, 0.5) is 14.9 Å². The minimum Gasteiger partial charge on any atom is -0.455 e. The molecule has 60 heavy (non-hydrogen) atoms. The fourth-order valence-electron chi connectivity index (χ4n) is 9.51. The molecule has 17 heteroatoms. The number of carbonyl (C=O) groups excluding carboxylic acids is 4. The average Bonchev–Trinajstić information content (AvgIpc) is 3.78. The molecule has 13 atom stereocenters. The van der Waals surface area contributed by atoms with E-state index >= 15 is 4.39 Å². The molecule has 1 aromatic heterocycles. The number of cyclic esters (lactones) is 1. The van der Waals surface area contributed by atoms with Crippen molar-refractivity contribution in [2.24, 2.45) is 17.8 Å². The number of alkyl halides is 1. The number of rotatable bonds is 11. The molecule has 3 aliphatic heterocycles. The molecule has 5 rings (SSSR count). The van der Waals surface area contributed by atoms with E-state index in [2.05, 4.69) is 10.3 Å². The van der Waals surface area contributed by atoms with Crippen LogP contribution in [0.5, 0.6) is 0 Å². The number of carbonyl (C=O) groups is 4. The Morgan fingerprint density at radius 1 is 1.05 bits per heavy atom. The van der Waals surface area contributed by atoms with Crippen molar-refractivity contribution in [2.75, 3.05) is 33.5 Å². The number of nitrogen functional groups attached to an aromatic ring is 1. The summed E-state index contributed by atoms with van der Waals surface area (Å²) in [5.74, 6) is -5.85. The lowest BCUT2D eigenvalue weighted by molar-refractivity contribution is -0.295. The first-order valence-electron chi connectivity index (χ1n) is 21.0. The quantitative estimate of drug-likeness (QED) is 0.138. The summed E-state index contributed by atoms with van der Waals surface area (Å²) in [4.78, 5) is 60.1. The number of anilines is 1. The van der Waals surface area contributed by atoms with Crippen molar-refractivity contribution >= 4 is 29.3 Å². The first-order valence-corrected chi connectivity index (χ1v) is 21.0. The summed E-state index contributed by atoms with van der Waals surface area (Å²) in [5, 5.41) is 19.9. The van der Waals surface area contributed by atoms with E-state index in [4.69, 9.17) is 29.4 Å². The van der Waals surface area contributed by atoms with Gasteiger partial charge in [0.1, 0.15) is 23.7 Å². The van der Waals surface area contributed by atoms with E-state index in [0.29, 0.717) is 37.2 Å². The molecule has 334 valence electrons. The lowest BCUT2D eigenvalue weighted by atomic mass is 9.73. The fraction of sp³-hybridized carbons (Fsp3) is 0.721. The van der Waals surface area contributed by atoms with Crippen LogP contribution >= 0.6 is 0 Å². The van der Waals surface area contributed by atoms with Gasteiger partial charge in [0.2, 0.25) is 0 Å². The lowest BCUT2D eigenvalue weighted by Gasteiger charge is -2.47. The summed E-state index contributed by atoms with van der Waals surface area (Å²) in [5.41, 5.74) is 1.80. The van der Waals surface area contributed by atoms with E-state index in [1.165, 1.54) is 18.9 Å². The first-order chi connectivity index (χ1) is 28.1. The predicted molar refractivity (Wildman–Crippen MR) is 219 cm³/mol. The number of hydrogen-bond donors (Lipinski definition) is 2. The molecule has 4 heterocycles. The third kappa shape index (κ3) is 9.39. The van der Waals surface area contributed by atoms with Gasteiger partial charge in [-0.3, -0.25) is 14.3 Å². The number of fused-ring (bicyclic) bond motifs is 1. The summed E-state index contributed by atoms with van der Waals surface area (Å²) < 4.78 is 49.2. The van der Waals surface area contributed by atoms with Gasteiger partial charge in [0, 0.05) is 55.2 Å². The van der Waals surface area contributed by atoms with Crippen molar-refractivity contribution in [1.82, 2.24) is 24.8 Å². The molecule has 1 aromatic carbocycles. The maximum atomic E-state index is 16.9. The number of aliphatic hydroxyl groups excluding tert-OH is 1. The van der Waals surface area contributed by atoms with Gasteiger partial charge >= 0.3 is 12.1 Å². The number of likely N-dealkylation sites (N-methyl/N-ethyl adjacent to an activating group) is 1. The molecule has 3 fully saturated rings. The van der Waals surface area contributed by atoms with Crippen LogP contribution in [-0.2, 0) is 44.6 Å². The van der Waals surface area contributed by atoms with Crippen molar-refractivity contribution in [1.29, 1.82) is 0 Å². The van der Waals surface area contributed by atoms with Crippen LogP contribution in [-0.4, -0.2) is 141 Å². The van der Waals surface area contributed by atoms with Crippen molar-refractivity contribution in [3.63, 3.8) is 0 Å². The molecule has 1 unspecified atom stereocenters. The number of aromatic nitrogens is 3. The minimum absolute atomic E-state index is 0.0111. The first kappa shape index (κ1) is 47.0. The number of aryl methyl sites for hydroxylation is 1. The van der Waals surface area contributed by atoms with Crippen LogP contribution in [0.25, 0.3) is 11.3 Å². The zero-order valence-electron chi connectivity index (χ0n) is 36.9. The Balaban J connectivity index is 1.45. The topological polar surface area (TPSA) is 198 Å². The number of halogens is 1. The highest BCUT2D eigenvalue weighted by Gasteiger charge is 2.61. The van der Waals surface area contributed by atoms with Crippen LogP contribution in [0.2, 0.25) is 0 Å². The highest BCUT2D eigenvalue weighted by atomic mass is 19.1. The Hall–Kier alpha value is -4.03. The molecule has 3 N–H and O–H groups in total. The van der Waals surface area contributed by atoms with Crippen LogP contribution < -0.4 is 5.73 Å². The maximum Gasteiger partial charge on any atom is 0.410 e. The van der Waals surface area contributed by atoms with E-state index in [1.807, 2.05) is 50.3 Å². The monoisotopic (exact) mass is 844 g/mol. The van der Waals surface area contributed by atoms with Gasteiger partial charge in [0.15, 0.2) is 17.7 Å². The molecular weight excluding hydrogens is 780 g/mol. The zero-order chi connectivity index (χ0) is 44.5. The highest BCUT2D eigenvalue weighted by molar-refractivity contribution is 6.08. The molecular formula is C43H65FN6O10. The maximum absolute atomic E-state index is 16.9. The Kier molecular flexibility index (Phi) is 14.5. The number of benzene rings is 1. The largest absolute Gasteiger partial charge is 0.455 e. The zero-order valence-corrected chi connectivity index (χ0v) is 36.9.